The molecule has 94 valence electrons. The first-order valence-corrected chi connectivity index (χ1v) is 6.99. The molecule has 0 N–H and O–H groups in total. The summed E-state index contributed by atoms with van der Waals surface area (Å²) in [5, 5.41) is 0. The third-order valence-corrected chi connectivity index (χ3v) is 3.49. The minimum atomic E-state index is 0.448. The molecule has 0 amide bonds. The first kappa shape index (κ1) is 13.4. The summed E-state index contributed by atoms with van der Waals surface area (Å²) in [6.07, 6.45) is 4.43. The summed E-state index contributed by atoms with van der Waals surface area (Å²) in [5.74, 6) is 1.28. The Labute approximate surface area is 120 Å². The number of benzene rings is 1. The molecule has 0 radical (unpaired) electrons. The van der Waals surface area contributed by atoms with Crippen LogP contribution in [0.3, 0.4) is 0 Å². The highest BCUT2D eigenvalue weighted by atomic mass is 79.9. The topological polar surface area (TPSA) is 22.1 Å². The van der Waals surface area contributed by atoms with Crippen LogP contribution in [0.5, 0.6) is 5.75 Å². The highest BCUT2D eigenvalue weighted by molar-refractivity contribution is 9.10. The van der Waals surface area contributed by atoms with Crippen molar-refractivity contribution in [3.05, 3.63) is 58.3 Å². The zero-order valence-electron chi connectivity index (χ0n) is 9.77. The van der Waals surface area contributed by atoms with Crippen molar-refractivity contribution >= 4 is 27.5 Å². The van der Waals surface area contributed by atoms with Gasteiger partial charge in [-0.25, -0.2) is 0 Å². The van der Waals surface area contributed by atoms with Crippen LogP contribution in [0.25, 0.3) is 0 Å². The number of aromatic nitrogens is 1. The number of hydrogen-bond donors (Lipinski definition) is 0. The minimum Gasteiger partial charge on any atom is -0.492 e. The van der Waals surface area contributed by atoms with Crippen molar-refractivity contribution in [1.82, 2.24) is 4.98 Å². The van der Waals surface area contributed by atoms with Crippen molar-refractivity contribution in [2.45, 2.75) is 12.3 Å². The van der Waals surface area contributed by atoms with Gasteiger partial charge < -0.3 is 4.74 Å². The fourth-order valence-corrected chi connectivity index (χ4v) is 2.37. The molecule has 0 saturated carbocycles. The molecule has 1 aromatic carbocycles. The van der Waals surface area contributed by atoms with Crippen molar-refractivity contribution < 1.29 is 4.74 Å². The van der Waals surface area contributed by atoms with Gasteiger partial charge in [0.15, 0.2) is 0 Å². The molecule has 2 aromatic rings. The number of ether oxygens (including phenoxy) is 1. The lowest BCUT2D eigenvalue weighted by Gasteiger charge is -2.11. The summed E-state index contributed by atoms with van der Waals surface area (Å²) in [6, 6.07) is 9.87. The molecular weight excluding hydrogens is 314 g/mol. The molecule has 0 aliphatic heterocycles. The molecule has 0 spiro atoms. The van der Waals surface area contributed by atoms with Crippen molar-refractivity contribution in [2.75, 3.05) is 6.61 Å². The van der Waals surface area contributed by atoms with Crippen molar-refractivity contribution in [1.29, 1.82) is 0 Å². The van der Waals surface area contributed by atoms with E-state index >= 15 is 0 Å². The van der Waals surface area contributed by atoms with E-state index in [0.29, 0.717) is 12.5 Å². The van der Waals surface area contributed by atoms with Gasteiger partial charge in [0.25, 0.3) is 0 Å². The number of rotatable bonds is 5. The number of alkyl halides is 1. The van der Waals surface area contributed by atoms with Crippen LogP contribution in [-0.2, 0) is 12.3 Å². The lowest BCUT2D eigenvalue weighted by atomic mass is 10.2. The van der Waals surface area contributed by atoms with Crippen LogP contribution in [0.2, 0.25) is 0 Å². The molecule has 0 bridgehead atoms. The Morgan fingerprint density at radius 1 is 1.17 bits per heavy atom. The molecule has 0 aliphatic rings. The third kappa shape index (κ3) is 3.47. The SMILES string of the molecule is ClCc1cccc(Br)c1OCCc1ccncc1. The predicted molar refractivity (Wildman–Crippen MR) is 77.1 cm³/mol. The van der Waals surface area contributed by atoms with E-state index < -0.39 is 0 Å². The van der Waals surface area contributed by atoms with Gasteiger partial charge in [0.1, 0.15) is 5.75 Å². The average molecular weight is 327 g/mol. The van der Waals surface area contributed by atoms with Crippen molar-refractivity contribution in [2.24, 2.45) is 0 Å². The highest BCUT2D eigenvalue weighted by Gasteiger charge is 2.07. The van der Waals surface area contributed by atoms with Crippen LogP contribution in [0.15, 0.2) is 47.2 Å². The predicted octanol–water partition coefficient (Wildman–Crippen LogP) is 4.20. The summed E-state index contributed by atoms with van der Waals surface area (Å²) in [4.78, 5) is 3.99. The second-order valence-corrected chi connectivity index (χ2v) is 4.94. The lowest BCUT2D eigenvalue weighted by molar-refractivity contribution is 0.317. The maximum atomic E-state index is 5.89. The van der Waals surface area contributed by atoms with E-state index in [1.807, 2.05) is 30.3 Å². The van der Waals surface area contributed by atoms with Crippen LogP contribution in [0.1, 0.15) is 11.1 Å². The molecule has 1 aromatic heterocycles. The van der Waals surface area contributed by atoms with E-state index in [9.17, 15) is 0 Å². The van der Waals surface area contributed by atoms with Crippen molar-refractivity contribution in [3.63, 3.8) is 0 Å². The average Bonchev–Trinajstić information content (AvgIpc) is 2.41. The monoisotopic (exact) mass is 325 g/mol. The largest absolute Gasteiger partial charge is 0.492 e. The minimum absolute atomic E-state index is 0.448. The molecule has 18 heavy (non-hydrogen) atoms. The molecule has 0 unspecified atom stereocenters. The van der Waals surface area contributed by atoms with E-state index in [1.54, 1.807) is 12.4 Å². The molecule has 4 heteroatoms. The van der Waals surface area contributed by atoms with Crippen LogP contribution in [0.4, 0.5) is 0 Å². The third-order valence-electron chi connectivity index (χ3n) is 2.58. The fourth-order valence-electron chi connectivity index (χ4n) is 1.64. The van der Waals surface area contributed by atoms with Gasteiger partial charge in [-0.3, -0.25) is 4.98 Å². The van der Waals surface area contributed by atoms with Gasteiger partial charge in [0.2, 0.25) is 0 Å². The maximum Gasteiger partial charge on any atom is 0.137 e. The van der Waals surface area contributed by atoms with Crippen LogP contribution in [0, 0.1) is 0 Å². The van der Waals surface area contributed by atoms with E-state index in [1.165, 1.54) is 5.56 Å². The number of para-hydroxylation sites is 1. The Morgan fingerprint density at radius 3 is 2.67 bits per heavy atom. The highest BCUT2D eigenvalue weighted by Crippen LogP contribution is 2.30. The first-order valence-electron chi connectivity index (χ1n) is 5.66. The van der Waals surface area contributed by atoms with Gasteiger partial charge in [-0.15, -0.1) is 11.6 Å². The maximum absolute atomic E-state index is 5.89. The standard InChI is InChI=1S/C14H13BrClNO/c15-13-3-1-2-12(10-16)14(13)18-9-6-11-4-7-17-8-5-11/h1-5,7-8H,6,9-10H2. The first-order chi connectivity index (χ1) is 8.81. The Bertz CT molecular complexity index is 504. The number of pyridine rings is 1. The molecular formula is C14H13BrClNO. The van der Waals surface area contributed by atoms with E-state index in [2.05, 4.69) is 20.9 Å². The van der Waals surface area contributed by atoms with Crippen LogP contribution in [-0.4, -0.2) is 11.6 Å². The van der Waals surface area contributed by atoms with Crippen LogP contribution < -0.4 is 4.74 Å². The summed E-state index contributed by atoms with van der Waals surface area (Å²) in [5.41, 5.74) is 2.21. The summed E-state index contributed by atoms with van der Waals surface area (Å²) in [6.45, 7) is 0.622. The zero-order valence-corrected chi connectivity index (χ0v) is 12.1. The van der Waals surface area contributed by atoms with Crippen LogP contribution >= 0.6 is 27.5 Å². The molecule has 2 nitrogen and oxygen atoms in total. The fraction of sp³-hybridized carbons (Fsp3) is 0.214. The summed E-state index contributed by atoms with van der Waals surface area (Å²) < 4.78 is 6.75. The molecule has 0 atom stereocenters. The number of nitrogens with zero attached hydrogens (tertiary/aromatic N) is 1. The van der Waals surface area contributed by atoms with Gasteiger partial charge >= 0.3 is 0 Å². The number of hydrogen-bond acceptors (Lipinski definition) is 2. The smallest absolute Gasteiger partial charge is 0.137 e. The Kier molecular flexibility index (Phi) is 5.02. The Hall–Kier alpha value is -1.06. The summed E-state index contributed by atoms with van der Waals surface area (Å²) in [7, 11) is 0. The Morgan fingerprint density at radius 2 is 1.94 bits per heavy atom. The Balaban J connectivity index is 1.98. The van der Waals surface area contributed by atoms with Gasteiger partial charge in [0.05, 0.1) is 17.0 Å². The van der Waals surface area contributed by atoms with E-state index in [0.717, 1.165) is 22.2 Å². The summed E-state index contributed by atoms with van der Waals surface area (Å²) >= 11 is 9.37. The van der Waals surface area contributed by atoms with Gasteiger partial charge in [0, 0.05) is 24.4 Å². The lowest BCUT2D eigenvalue weighted by Crippen LogP contribution is -2.03. The molecule has 0 saturated heterocycles. The normalized spacial score (nSPS) is 10.3. The van der Waals surface area contributed by atoms with Gasteiger partial charge in [-0.1, -0.05) is 12.1 Å². The molecule has 2 rings (SSSR count). The molecule has 0 fully saturated rings. The van der Waals surface area contributed by atoms with Gasteiger partial charge in [-0.2, -0.15) is 0 Å². The second kappa shape index (κ2) is 6.76. The van der Waals surface area contributed by atoms with E-state index in [4.69, 9.17) is 16.3 Å². The second-order valence-electron chi connectivity index (χ2n) is 3.82. The molecule has 0 aliphatic carbocycles. The number of halogens is 2. The van der Waals surface area contributed by atoms with Crippen molar-refractivity contribution in [3.8, 4) is 5.75 Å². The van der Waals surface area contributed by atoms with E-state index in [-0.39, 0.29) is 0 Å². The quantitative estimate of drug-likeness (QED) is 0.768. The zero-order chi connectivity index (χ0) is 12.8. The van der Waals surface area contributed by atoms with Gasteiger partial charge in [-0.05, 0) is 39.7 Å². The molecule has 1 heterocycles.